The van der Waals surface area contributed by atoms with Crippen LogP contribution in [-0.4, -0.2) is 65.3 Å². The van der Waals surface area contributed by atoms with Crippen LogP contribution >= 0.6 is 11.3 Å². The second kappa shape index (κ2) is 16.3. The average Bonchev–Trinajstić information content (AvgIpc) is 3.54. The lowest BCUT2D eigenvalue weighted by Crippen LogP contribution is -2.36. The molecule has 3 aromatic carbocycles. The molecule has 1 aromatic heterocycles. The Morgan fingerprint density at radius 2 is 1.47 bits per heavy atom. The van der Waals surface area contributed by atoms with Crippen LogP contribution in [0.2, 0.25) is 0 Å². The summed E-state index contributed by atoms with van der Waals surface area (Å²) in [6, 6.07) is 25.1. The first-order valence-corrected chi connectivity index (χ1v) is 15.6. The minimum absolute atomic E-state index is 0.455. The topological polar surface area (TPSA) is 65.5 Å². The first kappa shape index (κ1) is 30.8. The van der Waals surface area contributed by atoms with Gasteiger partial charge in [-0.3, -0.25) is 0 Å². The molecule has 1 aliphatic rings. The predicted molar refractivity (Wildman–Crippen MR) is 172 cm³/mol. The summed E-state index contributed by atoms with van der Waals surface area (Å²) >= 11 is 1.64. The molecule has 1 saturated heterocycles. The van der Waals surface area contributed by atoms with Crippen LogP contribution in [0.1, 0.15) is 22.4 Å². The van der Waals surface area contributed by atoms with E-state index in [9.17, 15) is 0 Å². The molecule has 4 aromatic rings. The quantitative estimate of drug-likeness (QED) is 0.145. The van der Waals surface area contributed by atoms with Gasteiger partial charge in [0.1, 0.15) is 11.5 Å². The van der Waals surface area contributed by atoms with Crippen LogP contribution in [0, 0.1) is 0 Å². The van der Waals surface area contributed by atoms with Gasteiger partial charge in [-0.05, 0) is 59.5 Å². The molecule has 5 rings (SSSR count). The number of thiazole rings is 1. The van der Waals surface area contributed by atoms with Crippen molar-refractivity contribution < 1.29 is 23.7 Å². The van der Waals surface area contributed by atoms with Crippen molar-refractivity contribution in [3.05, 3.63) is 101 Å². The zero-order valence-electron chi connectivity index (χ0n) is 25.1. The number of ether oxygens (including phenoxy) is 5. The molecule has 0 radical (unpaired) electrons. The van der Waals surface area contributed by atoms with Gasteiger partial charge in [0.25, 0.3) is 0 Å². The van der Waals surface area contributed by atoms with Crippen LogP contribution in [-0.2, 0) is 40.3 Å². The van der Waals surface area contributed by atoms with E-state index in [0.29, 0.717) is 26.4 Å². The first-order chi connectivity index (χ1) is 21.2. The molecule has 2 heterocycles. The van der Waals surface area contributed by atoms with Gasteiger partial charge in [-0.2, -0.15) is 0 Å². The van der Waals surface area contributed by atoms with Crippen LogP contribution in [0.15, 0.2) is 78.2 Å². The molecule has 0 unspecified atom stereocenters. The van der Waals surface area contributed by atoms with Gasteiger partial charge in [0, 0.05) is 37.2 Å². The summed E-state index contributed by atoms with van der Waals surface area (Å²) in [5.74, 6) is 1.72. The summed E-state index contributed by atoms with van der Waals surface area (Å²) in [7, 11) is 3.38. The molecule has 43 heavy (non-hydrogen) atoms. The molecule has 228 valence electrons. The van der Waals surface area contributed by atoms with Crippen molar-refractivity contribution >= 4 is 22.2 Å². The molecule has 1 aliphatic heterocycles. The molecule has 0 amide bonds. The van der Waals surface area contributed by atoms with E-state index < -0.39 is 0 Å². The molecule has 9 heteroatoms. The maximum absolute atomic E-state index is 5.89. The standard InChI is InChI=1S/C34H41N3O5S/c1-38-32-7-3-5-27(21-32)13-16-40-19-20-42-25-30-26-43-34(35-30)37(24-29-6-4-8-33(22-29)39-2)23-28-9-11-31(12-10-28)36-14-17-41-18-15-36/h3-12,21-22,26H,13-20,23-25H2,1-2H3. The van der Waals surface area contributed by atoms with Crippen molar-refractivity contribution in [2.45, 2.75) is 26.1 Å². The van der Waals surface area contributed by atoms with Crippen LogP contribution in [0.3, 0.4) is 0 Å². The lowest BCUT2D eigenvalue weighted by Gasteiger charge is -2.29. The second-order valence-electron chi connectivity index (χ2n) is 10.4. The van der Waals surface area contributed by atoms with Crippen LogP contribution in [0.25, 0.3) is 0 Å². The van der Waals surface area contributed by atoms with Gasteiger partial charge < -0.3 is 33.5 Å². The van der Waals surface area contributed by atoms with Crippen molar-refractivity contribution in [2.24, 2.45) is 0 Å². The summed E-state index contributed by atoms with van der Waals surface area (Å²) in [4.78, 5) is 9.63. The fourth-order valence-corrected chi connectivity index (χ4v) is 5.77. The Morgan fingerprint density at radius 1 is 0.791 bits per heavy atom. The second-order valence-corrected chi connectivity index (χ2v) is 11.2. The summed E-state index contributed by atoms with van der Waals surface area (Å²) in [5.41, 5.74) is 5.77. The van der Waals surface area contributed by atoms with Crippen molar-refractivity contribution in [1.29, 1.82) is 0 Å². The molecule has 1 fully saturated rings. The Morgan fingerprint density at radius 3 is 2.21 bits per heavy atom. The molecular weight excluding hydrogens is 562 g/mol. The first-order valence-electron chi connectivity index (χ1n) is 14.7. The average molecular weight is 604 g/mol. The van der Waals surface area contributed by atoms with E-state index in [1.54, 1.807) is 25.6 Å². The Labute approximate surface area is 258 Å². The highest BCUT2D eigenvalue weighted by Gasteiger charge is 2.15. The zero-order chi connectivity index (χ0) is 29.7. The number of hydrogen-bond acceptors (Lipinski definition) is 9. The predicted octanol–water partition coefficient (Wildman–Crippen LogP) is 5.98. The summed E-state index contributed by atoms with van der Waals surface area (Å²) in [5, 5.41) is 3.05. The van der Waals surface area contributed by atoms with E-state index >= 15 is 0 Å². The normalized spacial score (nSPS) is 13.2. The Hall–Kier alpha value is -3.63. The van der Waals surface area contributed by atoms with Crippen molar-refractivity contribution in [2.75, 3.05) is 70.1 Å². The maximum Gasteiger partial charge on any atom is 0.186 e. The molecule has 0 saturated carbocycles. The van der Waals surface area contributed by atoms with E-state index in [-0.39, 0.29) is 0 Å². The highest BCUT2D eigenvalue weighted by Crippen LogP contribution is 2.27. The third kappa shape index (κ3) is 9.43. The van der Waals surface area contributed by atoms with Crippen molar-refractivity contribution in [3.8, 4) is 11.5 Å². The smallest absolute Gasteiger partial charge is 0.186 e. The maximum atomic E-state index is 5.89. The van der Waals surface area contributed by atoms with Crippen LogP contribution < -0.4 is 19.3 Å². The SMILES string of the molecule is COc1cccc(CCOCCOCc2csc(N(Cc3ccc(N4CCOCC4)cc3)Cc3cccc(OC)c3)n2)c1. The van der Waals surface area contributed by atoms with Gasteiger partial charge >= 0.3 is 0 Å². The third-order valence-corrected chi connectivity index (χ3v) is 8.25. The lowest BCUT2D eigenvalue weighted by molar-refractivity contribution is 0.0407. The van der Waals surface area contributed by atoms with Gasteiger partial charge in [-0.25, -0.2) is 4.98 Å². The number of benzene rings is 3. The molecular formula is C34H41N3O5S. The number of methoxy groups -OCH3 is 2. The summed E-state index contributed by atoms with van der Waals surface area (Å²) in [6.07, 6.45) is 0.839. The third-order valence-electron chi connectivity index (χ3n) is 7.29. The number of anilines is 2. The fourth-order valence-electron chi connectivity index (χ4n) is 4.96. The Kier molecular flexibility index (Phi) is 11.7. The number of nitrogens with zero attached hydrogens (tertiary/aromatic N) is 3. The van der Waals surface area contributed by atoms with Crippen LogP contribution in [0.5, 0.6) is 11.5 Å². The number of aromatic nitrogens is 1. The van der Waals surface area contributed by atoms with E-state index in [2.05, 4.69) is 57.6 Å². The summed E-state index contributed by atoms with van der Waals surface area (Å²) < 4.78 is 27.9. The summed E-state index contributed by atoms with van der Waals surface area (Å²) in [6.45, 7) is 7.06. The lowest BCUT2D eigenvalue weighted by atomic mass is 10.1. The Bertz CT molecular complexity index is 1390. The van der Waals surface area contributed by atoms with Gasteiger partial charge in [0.05, 0.1) is 59.6 Å². The van der Waals surface area contributed by atoms with E-state index in [4.69, 9.17) is 28.7 Å². The molecule has 0 spiro atoms. The Balaban J connectivity index is 1.14. The minimum atomic E-state index is 0.455. The minimum Gasteiger partial charge on any atom is -0.497 e. The highest BCUT2D eigenvalue weighted by molar-refractivity contribution is 7.13. The zero-order valence-corrected chi connectivity index (χ0v) is 25.9. The van der Waals surface area contributed by atoms with Crippen LogP contribution in [0.4, 0.5) is 10.8 Å². The largest absolute Gasteiger partial charge is 0.497 e. The van der Waals surface area contributed by atoms with Gasteiger partial charge in [-0.15, -0.1) is 11.3 Å². The number of rotatable bonds is 16. The molecule has 0 bridgehead atoms. The number of morpholine rings is 1. The fraction of sp³-hybridized carbons (Fsp3) is 0.382. The van der Waals surface area contributed by atoms with Gasteiger partial charge in [0.15, 0.2) is 5.13 Å². The van der Waals surface area contributed by atoms with Gasteiger partial charge in [-0.1, -0.05) is 36.4 Å². The van der Waals surface area contributed by atoms with E-state index in [1.165, 1.54) is 22.4 Å². The van der Waals surface area contributed by atoms with Crippen molar-refractivity contribution in [3.63, 3.8) is 0 Å². The molecule has 0 N–H and O–H groups in total. The number of hydrogen-bond donors (Lipinski definition) is 0. The molecule has 8 nitrogen and oxygen atoms in total. The van der Waals surface area contributed by atoms with Gasteiger partial charge in [0.2, 0.25) is 0 Å². The highest BCUT2D eigenvalue weighted by atomic mass is 32.1. The molecule has 0 aliphatic carbocycles. The van der Waals surface area contributed by atoms with E-state index in [0.717, 1.165) is 68.1 Å². The van der Waals surface area contributed by atoms with E-state index in [1.807, 2.05) is 30.3 Å². The molecule has 0 atom stereocenters. The van der Waals surface area contributed by atoms with Crippen molar-refractivity contribution in [1.82, 2.24) is 4.98 Å². The monoisotopic (exact) mass is 603 g/mol.